The van der Waals surface area contributed by atoms with Gasteiger partial charge in [-0.25, -0.2) is 29.9 Å². The Bertz CT molecular complexity index is 6390. The molecule has 0 aliphatic rings. The zero-order chi connectivity index (χ0) is 66.0. The summed E-state index contributed by atoms with van der Waals surface area (Å²) in [6.45, 7) is 0. The van der Waals surface area contributed by atoms with Gasteiger partial charge < -0.3 is 8.83 Å². The van der Waals surface area contributed by atoms with Crippen molar-refractivity contribution in [3.05, 3.63) is 340 Å². The SMILES string of the molecule is c1ccc(-c2nc(-c3ccccc3)nc(-c3ccc(-c4ccc(-c5c6ccccc6n6c5oc5ccccc56)c5ccccc45)cc3)n2)cc1.c1ccc(-c2nc(-c3ccccc3)nc(-c3ccc(-c4ccc(-c5c6ccccc6n6c5oc5ccccc56)cc4)c4ccccc34)n2)cc1. The first-order valence-electron chi connectivity index (χ1n) is 33.4. The molecule has 0 aliphatic heterocycles. The Morgan fingerprint density at radius 3 is 0.870 bits per heavy atom. The molecule has 0 radical (unpaired) electrons. The molecule has 468 valence electrons. The van der Waals surface area contributed by atoms with E-state index in [0.29, 0.717) is 34.9 Å². The Balaban J connectivity index is 0.000000139. The van der Waals surface area contributed by atoms with Crippen LogP contribution in [-0.4, -0.2) is 38.7 Å². The van der Waals surface area contributed by atoms with E-state index in [-0.39, 0.29) is 0 Å². The van der Waals surface area contributed by atoms with Gasteiger partial charge in [0, 0.05) is 44.2 Å². The van der Waals surface area contributed by atoms with Crippen molar-refractivity contribution in [1.82, 2.24) is 38.7 Å². The van der Waals surface area contributed by atoms with E-state index in [1.165, 1.54) is 21.5 Å². The summed E-state index contributed by atoms with van der Waals surface area (Å²) in [5, 5.41) is 6.90. The van der Waals surface area contributed by atoms with Gasteiger partial charge in [0.1, 0.15) is 0 Å². The minimum Gasteiger partial charge on any atom is -0.438 e. The number of aromatic nitrogens is 8. The van der Waals surface area contributed by atoms with E-state index in [2.05, 4.69) is 203 Å². The lowest BCUT2D eigenvalue weighted by Gasteiger charge is -2.13. The van der Waals surface area contributed by atoms with Gasteiger partial charge in [-0.05, 0) is 97.4 Å². The lowest BCUT2D eigenvalue weighted by molar-refractivity contribution is 0.658. The molecule has 0 saturated carbocycles. The zero-order valence-corrected chi connectivity index (χ0v) is 53.7. The van der Waals surface area contributed by atoms with Gasteiger partial charge in [0.05, 0.1) is 33.2 Å². The fourth-order valence-corrected chi connectivity index (χ4v) is 14.3. The highest BCUT2D eigenvalue weighted by atomic mass is 16.3. The van der Waals surface area contributed by atoms with E-state index in [1.54, 1.807) is 0 Å². The Hall–Kier alpha value is -13.7. The first-order chi connectivity index (χ1) is 49.6. The van der Waals surface area contributed by atoms with Crippen LogP contribution in [0.25, 0.3) is 190 Å². The van der Waals surface area contributed by atoms with Crippen LogP contribution in [0.4, 0.5) is 0 Å². The third-order valence-corrected chi connectivity index (χ3v) is 19.0. The van der Waals surface area contributed by atoms with Crippen LogP contribution in [0.1, 0.15) is 0 Å². The number of hydrogen-bond donors (Lipinski definition) is 0. The highest BCUT2D eigenvalue weighted by molar-refractivity contribution is 6.15. The lowest BCUT2D eigenvalue weighted by atomic mass is 9.91. The molecule has 20 rings (SSSR count). The molecule has 0 bridgehead atoms. The summed E-state index contributed by atoms with van der Waals surface area (Å²) in [6.07, 6.45) is 0. The van der Waals surface area contributed by atoms with Crippen molar-refractivity contribution in [3.8, 4) is 113 Å². The molecular formula is C90H56N8O2. The maximum atomic E-state index is 6.56. The van der Waals surface area contributed by atoms with E-state index >= 15 is 0 Å². The van der Waals surface area contributed by atoms with Crippen LogP contribution in [0.3, 0.4) is 0 Å². The summed E-state index contributed by atoms with van der Waals surface area (Å²) in [5.74, 6) is 3.88. The van der Waals surface area contributed by atoms with E-state index in [4.69, 9.17) is 38.7 Å². The first-order valence-corrected chi connectivity index (χ1v) is 33.4. The average Bonchev–Trinajstić information content (AvgIpc) is 1.56. The molecule has 0 spiro atoms. The summed E-state index contributed by atoms with van der Waals surface area (Å²) in [4.78, 5) is 29.6. The Morgan fingerprint density at radius 1 is 0.180 bits per heavy atom. The molecule has 0 N–H and O–H groups in total. The largest absolute Gasteiger partial charge is 0.438 e. The number of para-hydroxylation sites is 6. The Labute approximate surface area is 573 Å². The second kappa shape index (κ2) is 24.2. The molecule has 20 aromatic rings. The van der Waals surface area contributed by atoms with Crippen LogP contribution < -0.4 is 0 Å². The molecule has 10 nitrogen and oxygen atoms in total. The molecule has 0 fully saturated rings. The summed E-state index contributed by atoms with van der Waals surface area (Å²) in [6, 6.07) is 117. The Morgan fingerprint density at radius 2 is 0.450 bits per heavy atom. The quantitative estimate of drug-likeness (QED) is 0.133. The van der Waals surface area contributed by atoms with Gasteiger partial charge in [-0.1, -0.05) is 297 Å². The van der Waals surface area contributed by atoms with Gasteiger partial charge in [-0.2, -0.15) is 0 Å². The summed E-state index contributed by atoms with van der Waals surface area (Å²) < 4.78 is 17.5. The lowest BCUT2D eigenvalue weighted by Crippen LogP contribution is -2.00. The van der Waals surface area contributed by atoms with Gasteiger partial charge >= 0.3 is 0 Å². The highest BCUT2D eigenvalue weighted by Gasteiger charge is 2.24. The van der Waals surface area contributed by atoms with Crippen LogP contribution in [0.15, 0.2) is 349 Å². The third-order valence-electron chi connectivity index (χ3n) is 19.0. The molecule has 6 aromatic heterocycles. The molecule has 0 saturated heterocycles. The number of nitrogens with zero attached hydrogens (tertiary/aromatic N) is 8. The van der Waals surface area contributed by atoms with E-state index in [0.717, 1.165) is 133 Å². The van der Waals surface area contributed by atoms with Crippen molar-refractivity contribution in [2.75, 3.05) is 0 Å². The van der Waals surface area contributed by atoms with Crippen LogP contribution in [0, 0.1) is 0 Å². The molecule has 0 amide bonds. The first kappa shape index (κ1) is 57.7. The van der Waals surface area contributed by atoms with Crippen LogP contribution in [0.2, 0.25) is 0 Å². The Kier molecular flexibility index (Phi) is 14.0. The topological polar surface area (TPSA) is 112 Å². The zero-order valence-electron chi connectivity index (χ0n) is 53.7. The highest BCUT2D eigenvalue weighted by Crippen LogP contribution is 2.46. The van der Waals surface area contributed by atoms with E-state index < -0.39 is 0 Å². The van der Waals surface area contributed by atoms with Gasteiger partial charge in [0.2, 0.25) is 11.4 Å². The number of rotatable bonds is 10. The predicted molar refractivity (Wildman–Crippen MR) is 405 cm³/mol. The van der Waals surface area contributed by atoms with Gasteiger partial charge in [-0.15, -0.1) is 0 Å². The van der Waals surface area contributed by atoms with Gasteiger partial charge in [0.15, 0.2) is 46.1 Å². The predicted octanol–water partition coefficient (Wildman–Crippen LogP) is 23.0. The minimum atomic E-state index is 0.639. The molecule has 100 heavy (non-hydrogen) atoms. The summed E-state index contributed by atoms with van der Waals surface area (Å²) >= 11 is 0. The van der Waals surface area contributed by atoms with Crippen LogP contribution >= 0.6 is 0 Å². The molecule has 0 aliphatic carbocycles. The van der Waals surface area contributed by atoms with Crippen molar-refractivity contribution in [2.24, 2.45) is 0 Å². The molecule has 6 heterocycles. The second-order valence-electron chi connectivity index (χ2n) is 24.8. The molecule has 14 aromatic carbocycles. The molecule has 0 atom stereocenters. The smallest absolute Gasteiger partial charge is 0.213 e. The number of fused-ring (bicyclic) bond motifs is 12. The van der Waals surface area contributed by atoms with Crippen molar-refractivity contribution < 1.29 is 8.83 Å². The van der Waals surface area contributed by atoms with Crippen molar-refractivity contribution in [2.45, 2.75) is 0 Å². The van der Waals surface area contributed by atoms with E-state index in [1.807, 2.05) is 146 Å². The molecule has 10 heteroatoms. The minimum absolute atomic E-state index is 0.639. The average molecular weight is 1280 g/mol. The number of oxazole rings is 2. The van der Waals surface area contributed by atoms with Gasteiger partial charge in [0.25, 0.3) is 0 Å². The van der Waals surface area contributed by atoms with Gasteiger partial charge in [-0.3, -0.25) is 8.80 Å². The second-order valence-corrected chi connectivity index (χ2v) is 24.8. The normalized spacial score (nSPS) is 11.6. The monoisotopic (exact) mass is 1280 g/mol. The fourth-order valence-electron chi connectivity index (χ4n) is 14.3. The number of hydrogen-bond acceptors (Lipinski definition) is 8. The maximum absolute atomic E-state index is 6.56. The molecule has 0 unspecified atom stereocenters. The maximum Gasteiger partial charge on any atom is 0.213 e. The van der Waals surface area contributed by atoms with E-state index in [9.17, 15) is 0 Å². The van der Waals surface area contributed by atoms with Crippen LogP contribution in [0.5, 0.6) is 0 Å². The number of benzene rings is 14. The third kappa shape index (κ3) is 9.96. The van der Waals surface area contributed by atoms with Crippen molar-refractivity contribution in [3.63, 3.8) is 0 Å². The van der Waals surface area contributed by atoms with Crippen molar-refractivity contribution in [1.29, 1.82) is 0 Å². The summed E-state index contributed by atoms with van der Waals surface area (Å²) in [7, 11) is 0. The summed E-state index contributed by atoms with van der Waals surface area (Å²) in [5.41, 5.74) is 22.6. The molecular weight excluding hydrogens is 1230 g/mol. The van der Waals surface area contributed by atoms with Crippen molar-refractivity contribution >= 4 is 77.0 Å². The fraction of sp³-hybridized carbons (Fsp3) is 0. The van der Waals surface area contributed by atoms with Crippen LogP contribution in [-0.2, 0) is 0 Å². The standard InChI is InChI=1S/2C45H28N4O/c1-3-13-31(14-4-1)42-46-43(32-15-5-2-6-16-32)48-44(47-42)36-28-27-33(34-17-7-8-18-35(34)36)29-23-25-30(26-24-29)41-37-19-9-10-20-38(37)49-39-21-11-12-22-40(39)50-45(41)49;1-3-13-30(14-4-1)42-46-43(31-15-5-2-6-16-31)48-44(47-42)32-25-23-29(24-26-32)33-27-28-36(35-18-8-7-17-34(33)35)41-37-19-9-10-20-38(37)49-39-21-11-12-22-40(39)50-45(41)49/h2*1-28H.